The third-order valence-corrected chi connectivity index (χ3v) is 5.56. The number of aliphatic imine (C=N–C) groups is 2. The summed E-state index contributed by atoms with van der Waals surface area (Å²) in [5, 5.41) is 2.69. The normalized spacial score (nSPS) is 19.0. The van der Waals surface area contributed by atoms with Gasteiger partial charge in [-0.1, -0.05) is 30.6 Å². The van der Waals surface area contributed by atoms with Gasteiger partial charge in [-0.25, -0.2) is 18.6 Å². The van der Waals surface area contributed by atoms with Crippen LogP contribution in [0, 0.1) is 23.5 Å². The topological polar surface area (TPSA) is 94.2 Å². The summed E-state index contributed by atoms with van der Waals surface area (Å²) in [6.07, 6.45) is 0. The molecule has 158 valence electrons. The van der Waals surface area contributed by atoms with Gasteiger partial charge in [0, 0.05) is 12.0 Å². The second kappa shape index (κ2) is 8.42. The zero-order valence-corrected chi connectivity index (χ0v) is 17.6. The molecule has 30 heavy (non-hydrogen) atoms. The van der Waals surface area contributed by atoms with Gasteiger partial charge in [-0.2, -0.15) is 9.48 Å². The molecule has 0 radical (unpaired) electrons. The molecule has 3 rings (SSSR count). The largest absolute Gasteiger partial charge is 0.445 e. The van der Waals surface area contributed by atoms with Gasteiger partial charge in [-0.05, 0) is 12.1 Å². The molecule has 0 fully saturated rings. The average Bonchev–Trinajstić information content (AvgIpc) is 2.70. The van der Waals surface area contributed by atoms with Gasteiger partial charge in [0.15, 0.2) is 5.92 Å². The van der Waals surface area contributed by atoms with E-state index in [-0.39, 0.29) is 23.2 Å². The maximum atomic E-state index is 13.7. The first kappa shape index (κ1) is 21.8. The second-order valence-electron chi connectivity index (χ2n) is 7.07. The number of hydrogen-bond acceptors (Lipinski definition) is 6. The summed E-state index contributed by atoms with van der Waals surface area (Å²) < 4.78 is 28.1. The number of fused-ring (bicyclic) bond motifs is 1. The highest BCUT2D eigenvalue weighted by Gasteiger charge is 2.49. The molecule has 8 nitrogen and oxygen atoms in total. The highest BCUT2D eigenvalue weighted by Crippen LogP contribution is 2.26. The third kappa shape index (κ3) is 4.16. The molecule has 0 bridgehead atoms. The Balaban J connectivity index is 1.83. The number of nitrogens with one attached hydrogen (secondary N) is 1. The van der Waals surface area contributed by atoms with Gasteiger partial charge in [-0.3, -0.25) is 9.59 Å². The summed E-state index contributed by atoms with van der Waals surface area (Å²) in [7, 11) is 2.89. The number of anilines is 1. The van der Waals surface area contributed by atoms with Crippen molar-refractivity contribution in [3.8, 4) is 0 Å². The first-order valence-corrected chi connectivity index (χ1v) is 10.1. The summed E-state index contributed by atoms with van der Waals surface area (Å²) in [6.45, 7) is 3.74. The molecule has 2 aliphatic heterocycles. The monoisotopic (exact) mass is 436 g/mol. The Morgan fingerprint density at radius 3 is 2.63 bits per heavy atom. The Hall–Kier alpha value is -2.95. The van der Waals surface area contributed by atoms with Crippen LogP contribution in [0.25, 0.3) is 0 Å². The van der Waals surface area contributed by atoms with E-state index >= 15 is 0 Å². The van der Waals surface area contributed by atoms with E-state index in [4.69, 9.17) is 0 Å². The number of hydrogen-bond donors (Lipinski definition) is 1. The molecule has 1 aromatic rings. The van der Waals surface area contributed by atoms with Crippen LogP contribution in [-0.2, 0) is 9.59 Å². The molecule has 0 saturated carbocycles. The summed E-state index contributed by atoms with van der Waals surface area (Å²) >= 11 is 1.00. The fourth-order valence-corrected chi connectivity index (χ4v) is 3.76. The third-order valence-electron chi connectivity index (χ3n) is 4.53. The SMILES string of the molecule is CC(C)C1=NC2=[N+](C)C(=O)N(C)C(=O)C2C(SCC(=O)Nc2ccc(F)cc2F)=N1. The van der Waals surface area contributed by atoms with Crippen LogP contribution in [0.1, 0.15) is 13.8 Å². The lowest BCUT2D eigenvalue weighted by molar-refractivity contribution is -0.407. The lowest BCUT2D eigenvalue weighted by Gasteiger charge is -2.26. The van der Waals surface area contributed by atoms with Crippen LogP contribution in [0.4, 0.5) is 19.3 Å². The quantitative estimate of drug-likeness (QED) is 0.733. The van der Waals surface area contributed by atoms with Crippen molar-refractivity contribution in [1.29, 1.82) is 0 Å². The van der Waals surface area contributed by atoms with E-state index < -0.39 is 35.4 Å². The van der Waals surface area contributed by atoms with E-state index in [0.29, 0.717) is 16.9 Å². The molecule has 1 atom stereocenters. The second-order valence-corrected chi connectivity index (χ2v) is 8.06. The maximum absolute atomic E-state index is 13.7. The van der Waals surface area contributed by atoms with Gasteiger partial charge in [0.25, 0.3) is 5.84 Å². The number of urea groups is 1. The van der Waals surface area contributed by atoms with Crippen molar-refractivity contribution in [1.82, 2.24) is 4.90 Å². The van der Waals surface area contributed by atoms with E-state index in [0.717, 1.165) is 28.8 Å². The van der Waals surface area contributed by atoms with E-state index in [1.807, 2.05) is 13.8 Å². The zero-order valence-electron chi connectivity index (χ0n) is 16.8. The van der Waals surface area contributed by atoms with Gasteiger partial charge < -0.3 is 5.32 Å². The minimum Gasteiger partial charge on any atom is -0.323 e. The fourth-order valence-electron chi connectivity index (χ4n) is 2.88. The smallest absolute Gasteiger partial charge is 0.323 e. The summed E-state index contributed by atoms with van der Waals surface area (Å²) in [4.78, 5) is 47.1. The standard InChI is InChI=1S/C19H19F2N5O3S/c1-9(2)15-23-16-14(18(28)26(4)19(29)25(16)3)17(24-15)30-8-13(27)22-12-6-5-10(20)7-11(12)21/h5-7,9,14H,8H2,1-4H3/p+1. The summed E-state index contributed by atoms with van der Waals surface area (Å²) in [6, 6.07) is 2.33. The number of amides is 4. The maximum Gasteiger partial charge on any atom is 0.445 e. The molecular weight excluding hydrogens is 416 g/mol. The lowest BCUT2D eigenvalue weighted by atomic mass is 10.0. The Kier molecular flexibility index (Phi) is 6.11. The number of amidine groups is 2. The Morgan fingerprint density at radius 2 is 2.00 bits per heavy atom. The molecule has 11 heteroatoms. The van der Waals surface area contributed by atoms with Crippen molar-refractivity contribution in [3.05, 3.63) is 29.8 Å². The predicted octanol–water partition coefficient (Wildman–Crippen LogP) is 2.35. The molecule has 1 unspecified atom stereocenters. The van der Waals surface area contributed by atoms with E-state index in [9.17, 15) is 23.2 Å². The van der Waals surface area contributed by atoms with Gasteiger partial charge in [0.2, 0.25) is 11.7 Å². The number of benzene rings is 1. The van der Waals surface area contributed by atoms with Gasteiger partial charge in [0.1, 0.15) is 16.7 Å². The van der Waals surface area contributed by atoms with Crippen molar-refractivity contribution >= 4 is 52.0 Å². The van der Waals surface area contributed by atoms with E-state index in [1.165, 1.54) is 18.7 Å². The minimum absolute atomic E-state index is 0.0746. The number of nitrogens with zero attached hydrogens (tertiary/aromatic N) is 4. The molecule has 0 aliphatic carbocycles. The van der Waals surface area contributed by atoms with Crippen LogP contribution in [0.3, 0.4) is 0 Å². The average molecular weight is 436 g/mol. The van der Waals surface area contributed by atoms with Crippen LogP contribution in [-0.4, -0.2) is 63.9 Å². The molecule has 1 aromatic carbocycles. The predicted molar refractivity (Wildman–Crippen MR) is 110 cm³/mol. The van der Waals surface area contributed by atoms with Crippen molar-refractivity contribution in [2.24, 2.45) is 21.8 Å². The first-order valence-electron chi connectivity index (χ1n) is 9.07. The van der Waals surface area contributed by atoms with Crippen LogP contribution in [0.15, 0.2) is 28.2 Å². The first-order chi connectivity index (χ1) is 14.1. The summed E-state index contributed by atoms with van der Waals surface area (Å²) in [5.41, 5.74) is -0.150. The Labute approximate surface area is 175 Å². The number of carbonyl (C=O) groups is 3. The van der Waals surface area contributed by atoms with E-state index in [1.54, 1.807) is 0 Å². The molecule has 4 amide bonds. The molecule has 0 saturated heterocycles. The van der Waals surface area contributed by atoms with Crippen LogP contribution < -0.4 is 5.32 Å². The highest BCUT2D eigenvalue weighted by atomic mass is 32.2. The fraction of sp³-hybridized carbons (Fsp3) is 0.368. The van der Waals surface area contributed by atoms with Crippen molar-refractivity contribution in [2.75, 3.05) is 25.2 Å². The van der Waals surface area contributed by atoms with Crippen LogP contribution >= 0.6 is 11.8 Å². The number of halogens is 2. The number of imide groups is 1. The van der Waals surface area contributed by atoms with E-state index in [2.05, 4.69) is 15.3 Å². The van der Waals surface area contributed by atoms with Crippen molar-refractivity contribution < 1.29 is 27.7 Å². The lowest BCUT2D eigenvalue weighted by Crippen LogP contribution is -2.55. The van der Waals surface area contributed by atoms with Crippen molar-refractivity contribution in [3.63, 3.8) is 0 Å². The van der Waals surface area contributed by atoms with Crippen molar-refractivity contribution in [2.45, 2.75) is 13.8 Å². The number of rotatable bonds is 4. The molecule has 0 aromatic heterocycles. The Morgan fingerprint density at radius 1 is 1.30 bits per heavy atom. The van der Waals surface area contributed by atoms with Crippen LogP contribution in [0.5, 0.6) is 0 Å². The molecule has 2 aliphatic rings. The summed E-state index contributed by atoms with van der Waals surface area (Å²) in [5.74, 6) is -3.13. The van der Waals surface area contributed by atoms with Gasteiger partial charge in [0.05, 0.1) is 25.5 Å². The molecule has 2 heterocycles. The number of carbonyl (C=O) groups excluding carboxylic acids is 3. The molecular formula is C19H20F2N5O3S+. The molecule has 0 spiro atoms. The molecule has 1 N–H and O–H groups in total. The highest BCUT2D eigenvalue weighted by molar-refractivity contribution is 8.14. The van der Waals surface area contributed by atoms with Crippen LogP contribution in [0.2, 0.25) is 0 Å². The Bertz CT molecular complexity index is 1030. The van der Waals surface area contributed by atoms with Gasteiger partial charge >= 0.3 is 11.9 Å². The zero-order chi connectivity index (χ0) is 22.2. The van der Waals surface area contributed by atoms with Gasteiger partial charge in [-0.15, -0.1) is 0 Å². The number of thioether (sulfide) groups is 1. The minimum atomic E-state index is -0.902.